The van der Waals surface area contributed by atoms with Crippen LogP contribution >= 0.6 is 0 Å². The molecule has 0 fully saturated rings. The fourth-order valence-corrected chi connectivity index (χ4v) is 2.08. The van der Waals surface area contributed by atoms with Crippen LogP contribution in [0, 0.1) is 0 Å². The Morgan fingerprint density at radius 1 is 1.42 bits per heavy atom. The number of benzene rings is 1. The first-order chi connectivity index (χ1) is 11.2. The lowest BCUT2D eigenvalue weighted by atomic mass is 10.1. The molecule has 24 heavy (non-hydrogen) atoms. The molecule has 2 atom stereocenters. The molecule has 0 saturated heterocycles. The Hall–Kier alpha value is -2.29. The molecule has 1 aliphatic heterocycles. The summed E-state index contributed by atoms with van der Waals surface area (Å²) in [5.74, 6) is -0.436. The van der Waals surface area contributed by atoms with Gasteiger partial charge >= 0.3 is 6.18 Å². The van der Waals surface area contributed by atoms with Gasteiger partial charge in [0, 0.05) is 0 Å². The summed E-state index contributed by atoms with van der Waals surface area (Å²) in [5.41, 5.74) is 1.14. The van der Waals surface area contributed by atoms with Crippen molar-refractivity contribution in [3.63, 3.8) is 0 Å². The second-order valence-corrected chi connectivity index (χ2v) is 5.39. The minimum atomic E-state index is -4.49. The highest BCUT2D eigenvalue weighted by atomic mass is 19.4. The standard InChI is InChI=1S/C15H17F3N2O4/c1-8(19-14(22)9(2)24-7-15(16,17)18)10-3-4-12-11(5-10)20-13(21)6-23-12/h3-5,8-9H,6-7H2,1-2H3,(H,19,22)(H,20,21)/t8-,9-/m0/s1. The van der Waals surface area contributed by atoms with Crippen LogP contribution in [-0.2, 0) is 14.3 Å². The highest BCUT2D eigenvalue weighted by Crippen LogP contribution is 2.30. The molecule has 2 N–H and O–H groups in total. The number of carbonyl (C=O) groups is 2. The number of amides is 2. The van der Waals surface area contributed by atoms with Crippen molar-refractivity contribution in [2.24, 2.45) is 0 Å². The number of hydrogen-bond donors (Lipinski definition) is 2. The van der Waals surface area contributed by atoms with Crippen molar-refractivity contribution < 1.29 is 32.2 Å². The second kappa shape index (κ2) is 7.08. The van der Waals surface area contributed by atoms with Crippen LogP contribution in [0.15, 0.2) is 18.2 Å². The molecule has 0 unspecified atom stereocenters. The second-order valence-electron chi connectivity index (χ2n) is 5.39. The lowest BCUT2D eigenvalue weighted by molar-refractivity contribution is -0.185. The summed E-state index contributed by atoms with van der Waals surface area (Å²) in [4.78, 5) is 23.2. The number of ether oxygens (including phenoxy) is 2. The highest BCUT2D eigenvalue weighted by Gasteiger charge is 2.30. The average Bonchev–Trinajstić information content (AvgIpc) is 2.50. The molecule has 1 aromatic rings. The minimum Gasteiger partial charge on any atom is -0.482 e. The summed E-state index contributed by atoms with van der Waals surface area (Å²) in [6.45, 7) is 1.36. The number of hydrogen-bond acceptors (Lipinski definition) is 4. The maximum atomic E-state index is 12.1. The van der Waals surface area contributed by atoms with Gasteiger partial charge in [0.15, 0.2) is 6.61 Å². The van der Waals surface area contributed by atoms with Crippen LogP contribution in [0.25, 0.3) is 0 Å². The molecule has 6 nitrogen and oxygen atoms in total. The third-order valence-corrected chi connectivity index (χ3v) is 3.36. The smallest absolute Gasteiger partial charge is 0.411 e. The zero-order chi connectivity index (χ0) is 17.9. The largest absolute Gasteiger partial charge is 0.482 e. The van der Waals surface area contributed by atoms with Gasteiger partial charge in [-0.3, -0.25) is 9.59 Å². The van der Waals surface area contributed by atoms with E-state index >= 15 is 0 Å². The number of carbonyl (C=O) groups excluding carboxylic acids is 2. The van der Waals surface area contributed by atoms with Crippen LogP contribution in [0.2, 0.25) is 0 Å². The third kappa shape index (κ3) is 4.85. The fraction of sp³-hybridized carbons (Fsp3) is 0.467. The first-order valence-corrected chi connectivity index (χ1v) is 7.21. The Kier molecular flexibility index (Phi) is 5.33. The zero-order valence-corrected chi connectivity index (χ0v) is 13.1. The lowest BCUT2D eigenvalue weighted by Crippen LogP contribution is -2.37. The maximum absolute atomic E-state index is 12.1. The van der Waals surface area contributed by atoms with E-state index in [9.17, 15) is 22.8 Å². The Labute approximate surface area is 136 Å². The summed E-state index contributed by atoms with van der Waals surface area (Å²) in [7, 11) is 0. The van der Waals surface area contributed by atoms with Gasteiger partial charge in [-0.1, -0.05) is 6.07 Å². The van der Waals surface area contributed by atoms with Crippen molar-refractivity contribution in [2.45, 2.75) is 32.2 Å². The first kappa shape index (κ1) is 18.1. The molecule has 0 aliphatic carbocycles. The third-order valence-electron chi connectivity index (χ3n) is 3.36. The Balaban J connectivity index is 1.96. The predicted octanol–water partition coefficient (Wildman–Crippen LogP) is 2.16. The van der Waals surface area contributed by atoms with Gasteiger partial charge in [-0.15, -0.1) is 0 Å². The molecular weight excluding hydrogens is 329 g/mol. The number of halogens is 3. The summed E-state index contributed by atoms with van der Waals surface area (Å²) < 4.78 is 46.0. The van der Waals surface area contributed by atoms with E-state index in [2.05, 4.69) is 15.4 Å². The molecule has 132 valence electrons. The topological polar surface area (TPSA) is 76.7 Å². The molecule has 1 heterocycles. The van der Waals surface area contributed by atoms with Crippen LogP contribution in [0.4, 0.5) is 18.9 Å². The Bertz CT molecular complexity index is 634. The van der Waals surface area contributed by atoms with Crippen molar-refractivity contribution in [3.8, 4) is 5.75 Å². The molecule has 0 saturated carbocycles. The number of anilines is 1. The maximum Gasteiger partial charge on any atom is 0.411 e. The van der Waals surface area contributed by atoms with Crippen LogP contribution in [0.5, 0.6) is 5.75 Å². The van der Waals surface area contributed by atoms with Crippen LogP contribution in [0.3, 0.4) is 0 Å². The van der Waals surface area contributed by atoms with Crippen LogP contribution in [-0.4, -0.2) is 37.3 Å². The van der Waals surface area contributed by atoms with E-state index in [1.807, 2.05) is 0 Å². The van der Waals surface area contributed by atoms with Gasteiger partial charge in [0.1, 0.15) is 18.5 Å². The van der Waals surface area contributed by atoms with Gasteiger partial charge in [-0.2, -0.15) is 13.2 Å². The average molecular weight is 346 g/mol. The normalized spacial score (nSPS) is 16.5. The van der Waals surface area contributed by atoms with Gasteiger partial charge in [-0.25, -0.2) is 0 Å². The van der Waals surface area contributed by atoms with E-state index in [-0.39, 0.29) is 12.5 Å². The van der Waals surface area contributed by atoms with E-state index in [0.717, 1.165) is 0 Å². The van der Waals surface area contributed by atoms with E-state index in [1.165, 1.54) is 6.92 Å². The van der Waals surface area contributed by atoms with Gasteiger partial charge < -0.3 is 20.1 Å². The van der Waals surface area contributed by atoms with Gasteiger partial charge in [0.05, 0.1) is 11.7 Å². The number of rotatable bonds is 5. The molecule has 2 rings (SSSR count). The number of fused-ring (bicyclic) bond motifs is 1. The number of nitrogens with one attached hydrogen (secondary N) is 2. The molecule has 2 amide bonds. The van der Waals surface area contributed by atoms with Gasteiger partial charge in [-0.05, 0) is 31.5 Å². The van der Waals surface area contributed by atoms with Crippen molar-refractivity contribution in [3.05, 3.63) is 23.8 Å². The first-order valence-electron chi connectivity index (χ1n) is 7.21. The molecule has 0 bridgehead atoms. The quantitative estimate of drug-likeness (QED) is 0.857. The molecular formula is C15H17F3N2O4. The van der Waals surface area contributed by atoms with E-state index < -0.39 is 30.8 Å². The molecule has 0 spiro atoms. The predicted molar refractivity (Wildman–Crippen MR) is 78.6 cm³/mol. The minimum absolute atomic E-state index is 0.0628. The zero-order valence-electron chi connectivity index (χ0n) is 13.1. The van der Waals surface area contributed by atoms with E-state index in [1.54, 1.807) is 25.1 Å². The van der Waals surface area contributed by atoms with E-state index in [4.69, 9.17) is 4.74 Å². The van der Waals surface area contributed by atoms with E-state index in [0.29, 0.717) is 17.0 Å². The lowest BCUT2D eigenvalue weighted by Gasteiger charge is -2.22. The van der Waals surface area contributed by atoms with Crippen molar-refractivity contribution in [1.29, 1.82) is 0 Å². The number of alkyl halides is 3. The molecule has 1 aliphatic rings. The van der Waals surface area contributed by atoms with Gasteiger partial charge in [0.25, 0.3) is 5.91 Å². The van der Waals surface area contributed by atoms with Crippen LogP contribution in [0.1, 0.15) is 25.5 Å². The van der Waals surface area contributed by atoms with Crippen molar-refractivity contribution in [1.82, 2.24) is 5.32 Å². The summed E-state index contributed by atoms with van der Waals surface area (Å²) >= 11 is 0. The molecule has 0 radical (unpaired) electrons. The molecule has 1 aromatic carbocycles. The summed E-state index contributed by atoms with van der Waals surface area (Å²) in [5, 5.41) is 5.21. The highest BCUT2D eigenvalue weighted by molar-refractivity contribution is 5.95. The van der Waals surface area contributed by atoms with Crippen molar-refractivity contribution >= 4 is 17.5 Å². The monoisotopic (exact) mass is 346 g/mol. The molecule has 9 heteroatoms. The van der Waals surface area contributed by atoms with Gasteiger partial charge in [0.2, 0.25) is 5.91 Å². The van der Waals surface area contributed by atoms with Crippen LogP contribution < -0.4 is 15.4 Å². The Morgan fingerprint density at radius 2 is 2.12 bits per heavy atom. The SMILES string of the molecule is C[C@H](OCC(F)(F)F)C(=O)N[C@@H](C)c1ccc2c(c1)NC(=O)CO2. The summed E-state index contributed by atoms with van der Waals surface area (Å²) in [6, 6.07) is 4.50. The molecule has 0 aromatic heterocycles. The fourth-order valence-electron chi connectivity index (χ4n) is 2.08. The Morgan fingerprint density at radius 3 is 2.79 bits per heavy atom. The summed E-state index contributed by atoms with van der Waals surface area (Å²) in [6.07, 6.45) is -5.73. The van der Waals surface area contributed by atoms with Crippen molar-refractivity contribution in [2.75, 3.05) is 18.5 Å².